The molecule has 5 heteroatoms. The molecule has 0 atom stereocenters. The number of nitrogens with zero attached hydrogens (tertiary/aromatic N) is 1. The first-order chi connectivity index (χ1) is 8.69. The van der Waals surface area contributed by atoms with E-state index in [1.54, 1.807) is 11.8 Å². The minimum Gasteiger partial charge on any atom is -0.359 e. The number of hydrogen-bond acceptors (Lipinski definition) is 3. The van der Waals surface area contributed by atoms with Crippen LogP contribution in [0.2, 0.25) is 0 Å². The van der Waals surface area contributed by atoms with Gasteiger partial charge in [-0.05, 0) is 25.7 Å². The monoisotopic (exact) mass is 269 g/mol. The lowest BCUT2D eigenvalue weighted by atomic mass is 9.96. The molecular formula is C13H23N3OS. The summed E-state index contributed by atoms with van der Waals surface area (Å²) in [6.07, 6.45) is 4.39. The lowest BCUT2D eigenvalue weighted by Gasteiger charge is -2.25. The van der Waals surface area contributed by atoms with E-state index in [-0.39, 0.29) is 11.4 Å². The third-order valence-electron chi connectivity index (χ3n) is 3.83. The molecule has 0 bridgehead atoms. The molecule has 0 aromatic carbocycles. The van der Waals surface area contributed by atoms with Crippen molar-refractivity contribution in [2.24, 2.45) is 10.9 Å². The second-order valence-corrected chi connectivity index (χ2v) is 6.12. The van der Waals surface area contributed by atoms with Crippen molar-refractivity contribution < 1.29 is 4.79 Å². The van der Waals surface area contributed by atoms with Crippen molar-refractivity contribution >= 4 is 22.8 Å². The van der Waals surface area contributed by atoms with E-state index in [0.29, 0.717) is 19.0 Å². The van der Waals surface area contributed by atoms with Crippen LogP contribution in [0.1, 0.15) is 39.5 Å². The van der Waals surface area contributed by atoms with Gasteiger partial charge in [-0.15, -0.1) is 0 Å². The van der Waals surface area contributed by atoms with Gasteiger partial charge in [-0.25, -0.2) is 0 Å². The highest BCUT2D eigenvalue weighted by atomic mass is 32.2. The molecule has 1 heterocycles. The average Bonchev–Trinajstić information content (AvgIpc) is 3.16. The zero-order chi connectivity index (χ0) is 13.0. The third-order valence-corrected chi connectivity index (χ3v) is 5.03. The van der Waals surface area contributed by atoms with Crippen molar-refractivity contribution in [3.05, 3.63) is 0 Å². The predicted molar refractivity (Wildman–Crippen MR) is 76.9 cm³/mol. The fourth-order valence-corrected chi connectivity index (χ4v) is 3.41. The molecule has 2 N–H and O–H groups in total. The van der Waals surface area contributed by atoms with E-state index in [9.17, 15) is 4.79 Å². The first-order valence-corrected chi connectivity index (χ1v) is 7.91. The molecule has 0 radical (unpaired) electrons. The van der Waals surface area contributed by atoms with Crippen LogP contribution in [-0.2, 0) is 4.79 Å². The van der Waals surface area contributed by atoms with Crippen LogP contribution in [-0.4, -0.2) is 35.5 Å². The molecule has 1 saturated heterocycles. The standard InChI is InChI=1S/C13H23N3OS/c1-3-13(4-2)9-18-12(16-13)15-8-7-14-11(17)10-5-6-10/h10H,3-9H2,1-2H3,(H,14,17)(H,15,16). The molecule has 1 saturated carbocycles. The van der Waals surface area contributed by atoms with E-state index in [0.717, 1.165) is 36.6 Å². The molecular weight excluding hydrogens is 246 g/mol. The molecule has 1 amide bonds. The van der Waals surface area contributed by atoms with Crippen LogP contribution in [0.15, 0.2) is 4.99 Å². The largest absolute Gasteiger partial charge is 0.359 e. The van der Waals surface area contributed by atoms with Crippen LogP contribution in [0, 0.1) is 5.92 Å². The Labute approximate surface area is 113 Å². The van der Waals surface area contributed by atoms with Crippen molar-refractivity contribution in [3.63, 3.8) is 0 Å². The molecule has 0 unspecified atom stereocenters. The molecule has 2 fully saturated rings. The van der Waals surface area contributed by atoms with Crippen LogP contribution in [0.4, 0.5) is 0 Å². The van der Waals surface area contributed by atoms with Gasteiger partial charge in [0.1, 0.15) is 0 Å². The van der Waals surface area contributed by atoms with E-state index in [2.05, 4.69) is 29.5 Å². The Morgan fingerprint density at radius 2 is 2.22 bits per heavy atom. The predicted octanol–water partition coefficient (Wildman–Crippen LogP) is 1.76. The molecule has 102 valence electrons. The van der Waals surface area contributed by atoms with E-state index < -0.39 is 0 Å². The summed E-state index contributed by atoms with van der Waals surface area (Å²) in [6, 6.07) is 0. The van der Waals surface area contributed by atoms with Crippen LogP contribution in [0.3, 0.4) is 0 Å². The second-order valence-electron chi connectivity index (χ2n) is 5.15. The molecule has 1 aliphatic carbocycles. The van der Waals surface area contributed by atoms with Gasteiger partial charge in [-0.3, -0.25) is 9.79 Å². The highest BCUT2D eigenvalue weighted by molar-refractivity contribution is 8.14. The number of rotatable bonds is 6. The van der Waals surface area contributed by atoms with Gasteiger partial charge in [0.05, 0.1) is 6.54 Å². The van der Waals surface area contributed by atoms with Crippen molar-refractivity contribution in [1.82, 2.24) is 10.6 Å². The van der Waals surface area contributed by atoms with Gasteiger partial charge < -0.3 is 10.6 Å². The van der Waals surface area contributed by atoms with Gasteiger partial charge in [0, 0.05) is 23.8 Å². The number of carbonyl (C=O) groups is 1. The van der Waals surface area contributed by atoms with Gasteiger partial charge in [0.2, 0.25) is 5.91 Å². The number of hydrogen-bond donors (Lipinski definition) is 2. The van der Waals surface area contributed by atoms with E-state index in [1.807, 2.05) is 0 Å². The fourth-order valence-electron chi connectivity index (χ4n) is 2.05. The Kier molecular flexibility index (Phi) is 4.54. The number of thioether (sulfide) groups is 1. The lowest BCUT2D eigenvalue weighted by molar-refractivity contribution is -0.122. The topological polar surface area (TPSA) is 53.5 Å². The Balaban J connectivity index is 1.69. The first-order valence-electron chi connectivity index (χ1n) is 6.92. The normalized spacial score (nSPS) is 24.0. The molecule has 4 nitrogen and oxygen atoms in total. The van der Waals surface area contributed by atoms with Gasteiger partial charge in [-0.1, -0.05) is 25.6 Å². The van der Waals surface area contributed by atoms with E-state index in [4.69, 9.17) is 0 Å². The Bertz CT molecular complexity index is 335. The van der Waals surface area contributed by atoms with Crippen molar-refractivity contribution in [2.75, 3.05) is 18.8 Å². The van der Waals surface area contributed by atoms with Gasteiger partial charge in [0.25, 0.3) is 0 Å². The summed E-state index contributed by atoms with van der Waals surface area (Å²) in [5.41, 5.74) is 0.237. The summed E-state index contributed by atoms with van der Waals surface area (Å²) in [5, 5.41) is 7.50. The third kappa shape index (κ3) is 3.40. The number of amides is 1. The van der Waals surface area contributed by atoms with Crippen LogP contribution < -0.4 is 10.6 Å². The minimum absolute atomic E-state index is 0.207. The summed E-state index contributed by atoms with van der Waals surface area (Å²) in [6.45, 7) is 5.77. The molecule has 1 aliphatic heterocycles. The fraction of sp³-hybridized carbons (Fsp3) is 0.846. The van der Waals surface area contributed by atoms with Gasteiger partial charge >= 0.3 is 0 Å². The zero-order valence-corrected chi connectivity index (χ0v) is 12.1. The van der Waals surface area contributed by atoms with Gasteiger partial charge in [0.15, 0.2) is 5.17 Å². The average molecular weight is 269 g/mol. The van der Waals surface area contributed by atoms with Crippen molar-refractivity contribution in [1.29, 1.82) is 0 Å². The number of aliphatic imine (C=N–C) groups is 1. The maximum Gasteiger partial charge on any atom is 0.223 e. The summed E-state index contributed by atoms with van der Waals surface area (Å²) >= 11 is 1.80. The SMILES string of the molecule is CCC1(CC)CSC(=NCCNC(=O)C2CC2)N1. The lowest BCUT2D eigenvalue weighted by Crippen LogP contribution is -2.42. The number of carbonyl (C=O) groups excluding carboxylic acids is 1. The maximum absolute atomic E-state index is 11.4. The van der Waals surface area contributed by atoms with Crippen LogP contribution in [0.5, 0.6) is 0 Å². The number of amidine groups is 1. The van der Waals surface area contributed by atoms with E-state index >= 15 is 0 Å². The van der Waals surface area contributed by atoms with Crippen molar-refractivity contribution in [3.8, 4) is 0 Å². The Hall–Kier alpha value is -0.710. The van der Waals surface area contributed by atoms with E-state index in [1.165, 1.54) is 0 Å². The first kappa shape index (κ1) is 13.7. The minimum atomic E-state index is 0.207. The summed E-state index contributed by atoms with van der Waals surface area (Å²) in [4.78, 5) is 15.9. The Morgan fingerprint density at radius 3 is 2.78 bits per heavy atom. The molecule has 0 spiro atoms. The molecule has 0 aromatic heterocycles. The highest BCUT2D eigenvalue weighted by Gasteiger charge is 2.33. The zero-order valence-electron chi connectivity index (χ0n) is 11.3. The molecule has 18 heavy (non-hydrogen) atoms. The maximum atomic E-state index is 11.4. The molecule has 2 aliphatic rings. The van der Waals surface area contributed by atoms with Crippen molar-refractivity contribution in [2.45, 2.75) is 45.1 Å². The summed E-state index contributed by atoms with van der Waals surface area (Å²) in [5.74, 6) is 1.61. The Morgan fingerprint density at radius 1 is 1.50 bits per heavy atom. The second kappa shape index (κ2) is 5.95. The van der Waals surface area contributed by atoms with Crippen LogP contribution in [0.25, 0.3) is 0 Å². The number of nitrogens with one attached hydrogen (secondary N) is 2. The molecule has 2 rings (SSSR count). The smallest absolute Gasteiger partial charge is 0.223 e. The van der Waals surface area contributed by atoms with Gasteiger partial charge in [-0.2, -0.15) is 0 Å². The summed E-state index contributed by atoms with van der Waals surface area (Å²) < 4.78 is 0. The van der Waals surface area contributed by atoms with Crippen LogP contribution >= 0.6 is 11.8 Å². The summed E-state index contributed by atoms with van der Waals surface area (Å²) in [7, 11) is 0. The molecule has 0 aromatic rings. The highest BCUT2D eigenvalue weighted by Crippen LogP contribution is 2.29. The quantitative estimate of drug-likeness (QED) is 0.723.